The van der Waals surface area contributed by atoms with Gasteiger partial charge in [0.15, 0.2) is 0 Å². The molecule has 1 aliphatic carbocycles. The summed E-state index contributed by atoms with van der Waals surface area (Å²) in [7, 11) is 0. The van der Waals surface area contributed by atoms with E-state index < -0.39 is 0 Å². The van der Waals surface area contributed by atoms with Crippen molar-refractivity contribution in [2.75, 3.05) is 5.73 Å². The second-order valence-electron chi connectivity index (χ2n) is 5.97. The third-order valence-corrected chi connectivity index (χ3v) is 6.02. The number of aromatic nitrogens is 1. The Morgan fingerprint density at radius 3 is 2.68 bits per heavy atom. The molecule has 0 aromatic carbocycles. The Hall–Kier alpha value is -1.33. The first-order valence-electron chi connectivity index (χ1n) is 7.64. The summed E-state index contributed by atoms with van der Waals surface area (Å²) in [5.41, 5.74) is 8.38. The zero-order valence-electron chi connectivity index (χ0n) is 12.8. The maximum Gasteiger partial charge on any atom is 0.263 e. The highest BCUT2D eigenvalue weighted by molar-refractivity contribution is 7.21. The Labute approximate surface area is 139 Å². The fourth-order valence-electron chi connectivity index (χ4n) is 3.12. The summed E-state index contributed by atoms with van der Waals surface area (Å²) in [4.78, 5) is 18.4. The standard InChI is InChI=1S/C16H20ClN3OS/c1-8-11-13(18)14(22-16(11)19-9(2)12(8)17)15(21)20-10-6-4-3-5-7-10/h10H,3-7,18H2,1-2H3,(H,20,21). The third-order valence-electron chi connectivity index (χ3n) is 4.36. The highest BCUT2D eigenvalue weighted by atomic mass is 35.5. The van der Waals surface area contributed by atoms with E-state index in [4.69, 9.17) is 17.3 Å². The number of nitrogen functional groups attached to an aromatic ring is 1. The van der Waals surface area contributed by atoms with Crippen molar-refractivity contribution in [2.24, 2.45) is 0 Å². The molecule has 0 radical (unpaired) electrons. The number of carbonyl (C=O) groups excluding carboxylic acids is 1. The van der Waals surface area contributed by atoms with E-state index in [2.05, 4.69) is 10.3 Å². The van der Waals surface area contributed by atoms with Crippen molar-refractivity contribution in [2.45, 2.75) is 52.0 Å². The molecule has 3 rings (SSSR count). The topological polar surface area (TPSA) is 68.0 Å². The van der Waals surface area contributed by atoms with Crippen LogP contribution in [0.1, 0.15) is 53.0 Å². The molecule has 2 aromatic heterocycles. The van der Waals surface area contributed by atoms with E-state index in [1.165, 1.54) is 30.6 Å². The SMILES string of the molecule is Cc1nc2sc(C(=O)NC3CCCCC3)c(N)c2c(C)c1Cl. The van der Waals surface area contributed by atoms with Crippen LogP contribution in [0.5, 0.6) is 0 Å². The molecule has 4 nitrogen and oxygen atoms in total. The summed E-state index contributed by atoms with van der Waals surface area (Å²) in [6.45, 7) is 3.79. The molecule has 0 atom stereocenters. The molecular formula is C16H20ClN3OS. The number of rotatable bonds is 2. The maximum absolute atomic E-state index is 12.5. The molecule has 1 fully saturated rings. The van der Waals surface area contributed by atoms with Crippen molar-refractivity contribution in [3.8, 4) is 0 Å². The van der Waals surface area contributed by atoms with Crippen LogP contribution in [0.15, 0.2) is 0 Å². The Morgan fingerprint density at radius 1 is 1.32 bits per heavy atom. The van der Waals surface area contributed by atoms with Crippen LogP contribution in [-0.4, -0.2) is 16.9 Å². The predicted octanol–water partition coefficient (Wildman–Crippen LogP) is 4.21. The van der Waals surface area contributed by atoms with Gasteiger partial charge in [0, 0.05) is 11.4 Å². The van der Waals surface area contributed by atoms with Gasteiger partial charge in [-0.25, -0.2) is 4.98 Å². The molecule has 0 bridgehead atoms. The first-order valence-corrected chi connectivity index (χ1v) is 8.84. The van der Waals surface area contributed by atoms with Gasteiger partial charge in [0.1, 0.15) is 9.71 Å². The first kappa shape index (κ1) is 15.6. The zero-order valence-corrected chi connectivity index (χ0v) is 14.4. The monoisotopic (exact) mass is 337 g/mol. The number of hydrogen-bond donors (Lipinski definition) is 2. The molecule has 1 aliphatic rings. The molecule has 6 heteroatoms. The van der Waals surface area contributed by atoms with Crippen LogP contribution < -0.4 is 11.1 Å². The summed E-state index contributed by atoms with van der Waals surface area (Å²) < 4.78 is 0. The van der Waals surface area contributed by atoms with Crippen LogP contribution in [0.3, 0.4) is 0 Å². The van der Waals surface area contributed by atoms with Crippen molar-refractivity contribution in [1.29, 1.82) is 0 Å². The normalized spacial score (nSPS) is 16.1. The van der Waals surface area contributed by atoms with Crippen molar-refractivity contribution >= 4 is 44.7 Å². The Morgan fingerprint density at radius 2 is 2.00 bits per heavy atom. The minimum atomic E-state index is -0.0828. The summed E-state index contributed by atoms with van der Waals surface area (Å²) >= 11 is 7.61. The van der Waals surface area contributed by atoms with Gasteiger partial charge in [-0.3, -0.25) is 4.79 Å². The first-order chi connectivity index (χ1) is 10.5. The number of nitrogens with two attached hydrogens (primary N) is 1. The average Bonchev–Trinajstić information content (AvgIpc) is 2.83. The van der Waals surface area contributed by atoms with Crippen LogP contribution in [0, 0.1) is 13.8 Å². The highest BCUT2D eigenvalue weighted by Gasteiger charge is 2.23. The summed E-state index contributed by atoms with van der Waals surface area (Å²) in [6.07, 6.45) is 5.74. The van der Waals surface area contributed by atoms with Crippen LogP contribution in [0.25, 0.3) is 10.2 Å². The summed E-state index contributed by atoms with van der Waals surface area (Å²) in [5, 5.41) is 4.55. The third kappa shape index (κ3) is 2.68. The smallest absolute Gasteiger partial charge is 0.263 e. The van der Waals surface area contributed by atoms with Gasteiger partial charge in [0.2, 0.25) is 0 Å². The molecule has 1 saturated carbocycles. The number of thiophene rings is 1. The average molecular weight is 338 g/mol. The molecule has 2 aromatic rings. The Bertz CT molecular complexity index is 735. The number of hydrogen-bond acceptors (Lipinski definition) is 4. The van der Waals surface area contributed by atoms with E-state index in [1.807, 2.05) is 13.8 Å². The largest absolute Gasteiger partial charge is 0.397 e. The zero-order chi connectivity index (χ0) is 15.9. The lowest BCUT2D eigenvalue weighted by atomic mass is 9.95. The van der Waals surface area contributed by atoms with Crippen molar-refractivity contribution < 1.29 is 4.79 Å². The van der Waals surface area contributed by atoms with E-state index in [0.717, 1.165) is 34.3 Å². The van der Waals surface area contributed by atoms with Crippen LogP contribution in [0.4, 0.5) is 5.69 Å². The van der Waals surface area contributed by atoms with E-state index >= 15 is 0 Å². The molecule has 0 spiro atoms. The fraction of sp³-hybridized carbons (Fsp3) is 0.500. The minimum Gasteiger partial charge on any atom is -0.397 e. The van der Waals surface area contributed by atoms with Crippen LogP contribution in [0.2, 0.25) is 5.02 Å². The number of carbonyl (C=O) groups is 1. The number of amides is 1. The molecule has 1 amide bonds. The van der Waals surface area contributed by atoms with E-state index in [0.29, 0.717) is 15.6 Å². The van der Waals surface area contributed by atoms with Gasteiger partial charge in [-0.05, 0) is 32.3 Å². The molecule has 22 heavy (non-hydrogen) atoms. The van der Waals surface area contributed by atoms with Crippen molar-refractivity contribution in [1.82, 2.24) is 10.3 Å². The van der Waals surface area contributed by atoms with Gasteiger partial charge in [0.05, 0.1) is 16.4 Å². The minimum absolute atomic E-state index is 0.0828. The van der Waals surface area contributed by atoms with Crippen LogP contribution in [-0.2, 0) is 0 Å². The summed E-state index contributed by atoms with van der Waals surface area (Å²) in [6, 6.07) is 0.269. The number of pyridine rings is 1. The Balaban J connectivity index is 1.95. The van der Waals surface area contributed by atoms with Gasteiger partial charge in [-0.2, -0.15) is 0 Å². The maximum atomic E-state index is 12.5. The summed E-state index contributed by atoms with van der Waals surface area (Å²) in [5.74, 6) is -0.0828. The van der Waals surface area contributed by atoms with E-state index in [1.54, 1.807) is 0 Å². The molecule has 0 unspecified atom stereocenters. The van der Waals surface area contributed by atoms with Gasteiger partial charge in [0.25, 0.3) is 5.91 Å². The molecule has 118 valence electrons. The molecular weight excluding hydrogens is 318 g/mol. The van der Waals surface area contributed by atoms with Crippen molar-refractivity contribution in [3.63, 3.8) is 0 Å². The Kier molecular flexibility index (Phi) is 4.28. The fourth-order valence-corrected chi connectivity index (χ4v) is 4.36. The van der Waals surface area contributed by atoms with Crippen molar-refractivity contribution in [3.05, 3.63) is 21.2 Å². The lowest BCUT2D eigenvalue weighted by Crippen LogP contribution is -2.36. The second-order valence-corrected chi connectivity index (χ2v) is 7.35. The number of nitrogens with zero attached hydrogens (tertiary/aromatic N) is 1. The number of fused-ring (bicyclic) bond motifs is 1. The van der Waals surface area contributed by atoms with E-state index in [-0.39, 0.29) is 11.9 Å². The lowest BCUT2D eigenvalue weighted by molar-refractivity contribution is 0.0932. The number of anilines is 1. The van der Waals surface area contributed by atoms with Gasteiger partial charge < -0.3 is 11.1 Å². The van der Waals surface area contributed by atoms with Gasteiger partial charge in [-0.15, -0.1) is 11.3 Å². The van der Waals surface area contributed by atoms with E-state index in [9.17, 15) is 4.79 Å². The van der Waals surface area contributed by atoms with Gasteiger partial charge >= 0.3 is 0 Å². The number of aryl methyl sites for hydroxylation is 2. The molecule has 0 saturated heterocycles. The highest BCUT2D eigenvalue weighted by Crippen LogP contribution is 2.38. The van der Waals surface area contributed by atoms with Crippen LogP contribution >= 0.6 is 22.9 Å². The quantitative estimate of drug-likeness (QED) is 0.862. The van der Waals surface area contributed by atoms with Gasteiger partial charge in [-0.1, -0.05) is 30.9 Å². The lowest BCUT2D eigenvalue weighted by Gasteiger charge is -2.22. The molecule has 3 N–H and O–H groups in total. The molecule has 2 heterocycles. The number of halogens is 1. The molecule has 0 aliphatic heterocycles. The number of nitrogens with one attached hydrogen (secondary N) is 1. The predicted molar refractivity (Wildman–Crippen MR) is 92.9 cm³/mol. The second kappa shape index (κ2) is 6.05.